The van der Waals surface area contributed by atoms with Gasteiger partial charge in [-0.15, -0.1) is 0 Å². The number of hydrogen-bond donors (Lipinski definition) is 1. The Hall–Kier alpha value is -2.93. The van der Waals surface area contributed by atoms with Crippen molar-refractivity contribution in [2.24, 2.45) is 0 Å². The molecule has 1 fully saturated rings. The topological polar surface area (TPSA) is 75.3 Å². The minimum Gasteiger partial charge on any atom is -0.493 e. The van der Waals surface area contributed by atoms with E-state index in [-0.39, 0.29) is 12.0 Å². The van der Waals surface area contributed by atoms with Crippen molar-refractivity contribution in [2.75, 3.05) is 39.9 Å². The van der Waals surface area contributed by atoms with Gasteiger partial charge in [0, 0.05) is 12.2 Å². The predicted molar refractivity (Wildman–Crippen MR) is 105 cm³/mol. The second-order valence-corrected chi connectivity index (χ2v) is 6.31. The average Bonchev–Trinajstić information content (AvgIpc) is 3.25. The summed E-state index contributed by atoms with van der Waals surface area (Å²) >= 11 is 0. The molecule has 1 atom stereocenters. The first-order valence-electron chi connectivity index (χ1n) is 9.11. The number of rotatable bonds is 8. The van der Waals surface area contributed by atoms with Crippen molar-refractivity contribution in [3.8, 4) is 23.0 Å². The molecule has 0 aromatic heterocycles. The van der Waals surface area contributed by atoms with Gasteiger partial charge in [-0.1, -0.05) is 12.1 Å². The molecule has 1 saturated heterocycles. The van der Waals surface area contributed by atoms with Gasteiger partial charge < -0.3 is 29.0 Å². The largest absolute Gasteiger partial charge is 0.493 e. The van der Waals surface area contributed by atoms with Gasteiger partial charge in [0.15, 0.2) is 11.5 Å². The van der Waals surface area contributed by atoms with Crippen LogP contribution < -0.4 is 24.3 Å². The normalized spacial score (nSPS) is 15.8. The van der Waals surface area contributed by atoms with Gasteiger partial charge in [-0.3, -0.25) is 4.79 Å². The van der Waals surface area contributed by atoms with E-state index in [1.165, 1.54) is 21.3 Å². The predicted octanol–water partition coefficient (Wildman–Crippen LogP) is 3.52. The summed E-state index contributed by atoms with van der Waals surface area (Å²) in [6.45, 7) is 1.23. The van der Waals surface area contributed by atoms with Crippen LogP contribution in [0.1, 0.15) is 23.2 Å². The number of para-hydroxylation sites is 2. The second kappa shape index (κ2) is 9.32. The Kier molecular flexibility index (Phi) is 6.60. The SMILES string of the molecule is COc1cc(C(=O)Nc2ccccc2OCC2CCCO2)cc(OC)c1OC. The van der Waals surface area contributed by atoms with E-state index in [9.17, 15) is 4.79 Å². The van der Waals surface area contributed by atoms with Crippen LogP contribution in [0.4, 0.5) is 5.69 Å². The summed E-state index contributed by atoms with van der Waals surface area (Å²) < 4.78 is 27.4. The summed E-state index contributed by atoms with van der Waals surface area (Å²) in [5.41, 5.74) is 0.961. The zero-order valence-electron chi connectivity index (χ0n) is 16.3. The van der Waals surface area contributed by atoms with Crippen LogP contribution in [0.3, 0.4) is 0 Å². The molecule has 0 radical (unpaired) electrons. The fraction of sp³-hybridized carbons (Fsp3) is 0.381. The number of carbonyl (C=O) groups is 1. The first-order valence-corrected chi connectivity index (χ1v) is 9.11. The molecule has 1 aliphatic heterocycles. The zero-order chi connectivity index (χ0) is 19.9. The molecular weight excluding hydrogens is 362 g/mol. The molecular formula is C21H25NO6. The molecule has 1 amide bonds. The molecule has 1 heterocycles. The van der Waals surface area contributed by atoms with Gasteiger partial charge in [-0.05, 0) is 37.1 Å². The highest BCUT2D eigenvalue weighted by Gasteiger charge is 2.19. The Bertz CT molecular complexity index is 791. The number of methoxy groups -OCH3 is 3. The highest BCUT2D eigenvalue weighted by atomic mass is 16.5. The summed E-state index contributed by atoms with van der Waals surface area (Å²) in [5.74, 6) is 1.54. The molecule has 7 heteroatoms. The van der Waals surface area contributed by atoms with Crippen molar-refractivity contribution in [2.45, 2.75) is 18.9 Å². The van der Waals surface area contributed by atoms with Crippen LogP contribution in [0.15, 0.2) is 36.4 Å². The number of benzene rings is 2. The molecule has 0 spiro atoms. The van der Waals surface area contributed by atoms with Crippen molar-refractivity contribution in [1.29, 1.82) is 0 Å². The Morgan fingerprint density at radius 2 is 1.79 bits per heavy atom. The number of amides is 1. The fourth-order valence-corrected chi connectivity index (χ4v) is 3.06. The number of nitrogens with one attached hydrogen (secondary N) is 1. The van der Waals surface area contributed by atoms with Crippen molar-refractivity contribution < 1.29 is 28.5 Å². The molecule has 0 saturated carbocycles. The third-order valence-corrected chi connectivity index (χ3v) is 4.51. The molecule has 1 N–H and O–H groups in total. The van der Waals surface area contributed by atoms with E-state index in [2.05, 4.69) is 5.32 Å². The van der Waals surface area contributed by atoms with Gasteiger partial charge in [0.05, 0.1) is 33.1 Å². The maximum absolute atomic E-state index is 12.8. The van der Waals surface area contributed by atoms with Gasteiger partial charge in [0.1, 0.15) is 12.4 Å². The van der Waals surface area contributed by atoms with E-state index in [1.807, 2.05) is 18.2 Å². The first-order chi connectivity index (χ1) is 13.7. The van der Waals surface area contributed by atoms with Crippen LogP contribution >= 0.6 is 0 Å². The van der Waals surface area contributed by atoms with E-state index >= 15 is 0 Å². The summed E-state index contributed by atoms with van der Waals surface area (Å²) in [6, 6.07) is 10.5. The standard InChI is InChI=1S/C21H25NO6/c1-24-18-11-14(12-19(25-2)20(18)26-3)21(23)22-16-8-4-5-9-17(16)28-13-15-7-6-10-27-15/h4-5,8-9,11-12,15H,6-7,10,13H2,1-3H3,(H,22,23). The molecule has 2 aromatic rings. The summed E-state index contributed by atoms with van der Waals surface area (Å²) in [6.07, 6.45) is 2.13. The first kappa shape index (κ1) is 19.8. The van der Waals surface area contributed by atoms with E-state index in [4.69, 9.17) is 23.7 Å². The molecule has 2 aromatic carbocycles. The molecule has 0 bridgehead atoms. The van der Waals surface area contributed by atoms with Crippen molar-refractivity contribution in [3.63, 3.8) is 0 Å². The third-order valence-electron chi connectivity index (χ3n) is 4.51. The summed E-state index contributed by atoms with van der Waals surface area (Å²) in [7, 11) is 4.53. The van der Waals surface area contributed by atoms with Crippen LogP contribution in [-0.2, 0) is 4.74 Å². The fourth-order valence-electron chi connectivity index (χ4n) is 3.06. The maximum Gasteiger partial charge on any atom is 0.256 e. The lowest BCUT2D eigenvalue weighted by Gasteiger charge is -2.16. The maximum atomic E-state index is 12.8. The Morgan fingerprint density at radius 1 is 1.07 bits per heavy atom. The molecule has 150 valence electrons. The Balaban J connectivity index is 1.77. The van der Waals surface area contributed by atoms with Crippen LogP contribution in [0, 0.1) is 0 Å². The molecule has 3 rings (SSSR count). The zero-order valence-corrected chi connectivity index (χ0v) is 16.3. The van der Waals surface area contributed by atoms with Crippen LogP contribution in [0.5, 0.6) is 23.0 Å². The smallest absolute Gasteiger partial charge is 0.256 e. The number of carbonyl (C=O) groups excluding carboxylic acids is 1. The minimum atomic E-state index is -0.313. The molecule has 1 aliphatic rings. The Morgan fingerprint density at radius 3 is 2.39 bits per heavy atom. The highest BCUT2D eigenvalue weighted by molar-refractivity contribution is 6.05. The lowest BCUT2D eigenvalue weighted by atomic mass is 10.1. The number of ether oxygens (including phenoxy) is 5. The van der Waals surface area contributed by atoms with Gasteiger partial charge in [0.25, 0.3) is 5.91 Å². The van der Waals surface area contributed by atoms with Gasteiger partial charge in [0.2, 0.25) is 5.75 Å². The van der Waals surface area contributed by atoms with Gasteiger partial charge >= 0.3 is 0 Å². The summed E-state index contributed by atoms with van der Waals surface area (Å²) in [5, 5.41) is 2.89. The summed E-state index contributed by atoms with van der Waals surface area (Å²) in [4.78, 5) is 12.8. The van der Waals surface area contributed by atoms with Gasteiger partial charge in [-0.25, -0.2) is 0 Å². The van der Waals surface area contributed by atoms with Crippen molar-refractivity contribution in [1.82, 2.24) is 0 Å². The molecule has 1 unspecified atom stereocenters. The molecule has 0 aliphatic carbocycles. The minimum absolute atomic E-state index is 0.0962. The van der Waals surface area contributed by atoms with Crippen LogP contribution in [-0.4, -0.2) is 46.6 Å². The third kappa shape index (κ3) is 4.48. The molecule has 7 nitrogen and oxygen atoms in total. The van der Waals surface area contributed by atoms with Crippen molar-refractivity contribution in [3.05, 3.63) is 42.0 Å². The van der Waals surface area contributed by atoms with E-state index < -0.39 is 0 Å². The van der Waals surface area contributed by atoms with E-state index in [1.54, 1.807) is 18.2 Å². The second-order valence-electron chi connectivity index (χ2n) is 6.31. The quantitative estimate of drug-likeness (QED) is 0.747. The molecule has 28 heavy (non-hydrogen) atoms. The lowest BCUT2D eigenvalue weighted by molar-refractivity contribution is 0.0682. The van der Waals surface area contributed by atoms with Gasteiger partial charge in [-0.2, -0.15) is 0 Å². The van der Waals surface area contributed by atoms with Crippen LogP contribution in [0.2, 0.25) is 0 Å². The number of anilines is 1. The van der Waals surface area contributed by atoms with Crippen LogP contribution in [0.25, 0.3) is 0 Å². The van der Waals surface area contributed by atoms with E-state index in [0.717, 1.165) is 19.4 Å². The van der Waals surface area contributed by atoms with E-state index in [0.29, 0.717) is 40.9 Å². The highest BCUT2D eigenvalue weighted by Crippen LogP contribution is 2.38. The number of hydrogen-bond acceptors (Lipinski definition) is 6. The monoisotopic (exact) mass is 387 g/mol. The Labute approximate surface area is 164 Å². The lowest BCUT2D eigenvalue weighted by Crippen LogP contribution is -2.18. The van der Waals surface area contributed by atoms with Crippen molar-refractivity contribution >= 4 is 11.6 Å². The average molecular weight is 387 g/mol.